The van der Waals surface area contributed by atoms with Crippen LogP contribution >= 0.6 is 27.5 Å². The van der Waals surface area contributed by atoms with Crippen molar-refractivity contribution in [2.24, 2.45) is 0 Å². The fourth-order valence-electron chi connectivity index (χ4n) is 1.21. The van der Waals surface area contributed by atoms with Crippen molar-refractivity contribution >= 4 is 37.6 Å². The minimum absolute atomic E-state index is 0.0566. The van der Waals surface area contributed by atoms with Crippen LogP contribution in [-0.2, 0) is 10.0 Å². The molecule has 8 heteroatoms. The van der Waals surface area contributed by atoms with Crippen molar-refractivity contribution < 1.29 is 8.42 Å². The molecule has 0 aliphatic rings. The normalized spacial score (nSPS) is 11.2. The number of nitrogens with zero attached hydrogens (tertiary/aromatic N) is 2. The van der Waals surface area contributed by atoms with Crippen LogP contribution in [0.3, 0.4) is 0 Å². The van der Waals surface area contributed by atoms with Gasteiger partial charge in [-0.2, -0.15) is 5.26 Å². The molecule has 0 radical (unpaired) electrons. The van der Waals surface area contributed by atoms with Crippen LogP contribution in [0.2, 0.25) is 5.15 Å². The summed E-state index contributed by atoms with van der Waals surface area (Å²) in [6.07, 6.45) is 3.10. The molecule has 0 aliphatic heterocycles. The first-order valence-electron chi connectivity index (χ1n) is 5.15. The summed E-state index contributed by atoms with van der Waals surface area (Å²) in [5.41, 5.74) is 0. The van der Waals surface area contributed by atoms with E-state index < -0.39 is 10.0 Å². The molecule has 5 nitrogen and oxygen atoms in total. The summed E-state index contributed by atoms with van der Waals surface area (Å²) in [6, 6.07) is 3.39. The van der Waals surface area contributed by atoms with Crippen LogP contribution in [0.4, 0.5) is 0 Å². The second-order valence-corrected chi connectivity index (χ2v) is 6.46. The van der Waals surface area contributed by atoms with Gasteiger partial charge >= 0.3 is 0 Å². The van der Waals surface area contributed by atoms with Gasteiger partial charge in [0, 0.05) is 23.6 Å². The zero-order valence-electron chi connectivity index (χ0n) is 9.36. The molecule has 0 aromatic carbocycles. The highest BCUT2D eigenvalue weighted by molar-refractivity contribution is 9.10. The Morgan fingerprint density at radius 2 is 2.22 bits per heavy atom. The highest BCUT2D eigenvalue weighted by Gasteiger charge is 2.18. The van der Waals surface area contributed by atoms with Crippen LogP contribution in [-0.4, -0.2) is 19.9 Å². The molecular formula is C10H11BrClN3O2S. The van der Waals surface area contributed by atoms with E-state index in [0.717, 1.165) is 0 Å². The lowest BCUT2D eigenvalue weighted by Crippen LogP contribution is -2.25. The van der Waals surface area contributed by atoms with Crippen molar-refractivity contribution in [3.05, 3.63) is 21.9 Å². The van der Waals surface area contributed by atoms with Crippen molar-refractivity contribution in [3.63, 3.8) is 0 Å². The van der Waals surface area contributed by atoms with Crippen molar-refractivity contribution in [1.29, 1.82) is 5.26 Å². The van der Waals surface area contributed by atoms with E-state index in [-0.39, 0.29) is 16.6 Å². The van der Waals surface area contributed by atoms with Gasteiger partial charge in [-0.1, -0.05) is 11.6 Å². The zero-order chi connectivity index (χ0) is 13.6. The Balaban J connectivity index is 2.69. The van der Waals surface area contributed by atoms with Gasteiger partial charge in [-0.25, -0.2) is 18.1 Å². The maximum Gasteiger partial charge on any atom is 0.243 e. The minimum Gasteiger partial charge on any atom is -0.242 e. The van der Waals surface area contributed by atoms with E-state index in [9.17, 15) is 8.42 Å². The van der Waals surface area contributed by atoms with E-state index in [4.69, 9.17) is 16.9 Å². The van der Waals surface area contributed by atoms with Gasteiger partial charge in [0.25, 0.3) is 0 Å². The van der Waals surface area contributed by atoms with E-state index >= 15 is 0 Å². The summed E-state index contributed by atoms with van der Waals surface area (Å²) in [6.45, 7) is 0.271. The topological polar surface area (TPSA) is 82.9 Å². The molecule has 18 heavy (non-hydrogen) atoms. The molecule has 1 aromatic heterocycles. The molecule has 1 N–H and O–H groups in total. The molecule has 0 fully saturated rings. The summed E-state index contributed by atoms with van der Waals surface area (Å²) in [5, 5.41) is 8.28. The number of sulfonamides is 1. The van der Waals surface area contributed by atoms with E-state index in [2.05, 4.69) is 25.6 Å². The number of nitriles is 1. The van der Waals surface area contributed by atoms with Crippen LogP contribution in [0.15, 0.2) is 21.6 Å². The second kappa shape index (κ2) is 7.04. The van der Waals surface area contributed by atoms with Gasteiger partial charge in [-0.3, -0.25) is 0 Å². The number of unbranched alkanes of at least 4 members (excludes halogenated alkanes) is 2. The highest BCUT2D eigenvalue weighted by Crippen LogP contribution is 2.22. The first kappa shape index (κ1) is 15.4. The first-order valence-corrected chi connectivity index (χ1v) is 7.80. The SMILES string of the molecule is N#CCCCCNS(=O)(=O)c1cc(Br)cnc1Cl. The Kier molecular flexibility index (Phi) is 6.02. The number of pyridine rings is 1. The number of halogens is 2. The number of aromatic nitrogens is 1. The largest absolute Gasteiger partial charge is 0.243 e. The second-order valence-electron chi connectivity index (χ2n) is 3.46. The Bertz CT molecular complexity index is 557. The third-order valence-corrected chi connectivity index (χ3v) is 4.39. The summed E-state index contributed by atoms with van der Waals surface area (Å²) in [5.74, 6) is 0. The number of hydrogen-bond donors (Lipinski definition) is 1. The average Bonchev–Trinajstić information content (AvgIpc) is 2.32. The number of rotatable bonds is 6. The van der Waals surface area contributed by atoms with E-state index in [1.54, 1.807) is 0 Å². The first-order chi connectivity index (χ1) is 8.47. The minimum atomic E-state index is -3.66. The average molecular weight is 353 g/mol. The third kappa shape index (κ3) is 4.53. The molecule has 1 heterocycles. The molecule has 0 bridgehead atoms. The summed E-state index contributed by atoms with van der Waals surface area (Å²) < 4.78 is 26.8. The van der Waals surface area contributed by atoms with E-state index in [1.807, 2.05) is 6.07 Å². The number of hydrogen-bond acceptors (Lipinski definition) is 4. The fourth-order valence-corrected chi connectivity index (χ4v) is 3.22. The van der Waals surface area contributed by atoms with Gasteiger partial charge in [0.2, 0.25) is 10.0 Å². The molecule has 98 valence electrons. The molecule has 0 saturated heterocycles. The quantitative estimate of drug-likeness (QED) is 0.630. The molecule has 0 unspecified atom stereocenters. The molecule has 0 aliphatic carbocycles. The van der Waals surface area contributed by atoms with Crippen LogP contribution in [0.25, 0.3) is 0 Å². The molecular weight excluding hydrogens is 342 g/mol. The molecule has 0 atom stereocenters. The Hall–Kier alpha value is -0.680. The molecule has 1 rings (SSSR count). The lowest BCUT2D eigenvalue weighted by Gasteiger charge is -2.07. The predicted octanol–water partition coefficient (Wildman–Crippen LogP) is 2.47. The molecule has 0 amide bonds. The van der Waals surface area contributed by atoms with Gasteiger partial charge in [0.05, 0.1) is 6.07 Å². The fraction of sp³-hybridized carbons (Fsp3) is 0.400. The molecule has 0 saturated carbocycles. The van der Waals surface area contributed by atoms with Crippen LogP contribution in [0.5, 0.6) is 0 Å². The lowest BCUT2D eigenvalue weighted by atomic mass is 10.2. The lowest BCUT2D eigenvalue weighted by molar-refractivity contribution is 0.577. The Morgan fingerprint density at radius 3 is 2.89 bits per heavy atom. The standard InChI is InChI=1S/C10H11BrClN3O2S/c11-8-6-9(10(12)14-7-8)18(16,17)15-5-3-1-2-4-13/h6-7,15H,1-3,5H2. The van der Waals surface area contributed by atoms with Crippen molar-refractivity contribution in [2.75, 3.05) is 6.54 Å². The van der Waals surface area contributed by atoms with Gasteiger partial charge in [0.1, 0.15) is 10.0 Å². The highest BCUT2D eigenvalue weighted by atomic mass is 79.9. The van der Waals surface area contributed by atoms with Crippen LogP contribution in [0, 0.1) is 11.3 Å². The Labute approximate surface area is 119 Å². The number of nitrogens with one attached hydrogen (secondary N) is 1. The zero-order valence-corrected chi connectivity index (χ0v) is 12.5. The summed E-state index contributed by atoms with van der Waals surface area (Å²) in [4.78, 5) is 3.70. The van der Waals surface area contributed by atoms with Gasteiger partial charge < -0.3 is 0 Å². The summed E-state index contributed by atoms with van der Waals surface area (Å²) in [7, 11) is -3.66. The van der Waals surface area contributed by atoms with E-state index in [1.165, 1.54) is 12.3 Å². The third-order valence-electron chi connectivity index (χ3n) is 2.07. The molecule has 1 aromatic rings. The van der Waals surface area contributed by atoms with Gasteiger partial charge in [-0.05, 0) is 34.8 Å². The monoisotopic (exact) mass is 351 g/mol. The van der Waals surface area contributed by atoms with Crippen LogP contribution < -0.4 is 4.72 Å². The Morgan fingerprint density at radius 1 is 1.50 bits per heavy atom. The van der Waals surface area contributed by atoms with Gasteiger partial charge in [0.15, 0.2) is 0 Å². The van der Waals surface area contributed by atoms with Crippen molar-refractivity contribution in [2.45, 2.75) is 24.2 Å². The van der Waals surface area contributed by atoms with E-state index in [0.29, 0.717) is 23.7 Å². The summed E-state index contributed by atoms with van der Waals surface area (Å²) >= 11 is 8.89. The predicted molar refractivity (Wildman–Crippen MR) is 71.6 cm³/mol. The molecule has 0 spiro atoms. The van der Waals surface area contributed by atoms with Gasteiger partial charge in [-0.15, -0.1) is 0 Å². The maximum absolute atomic E-state index is 11.9. The maximum atomic E-state index is 11.9. The van der Waals surface area contributed by atoms with Crippen LogP contribution in [0.1, 0.15) is 19.3 Å². The van der Waals surface area contributed by atoms with Crippen molar-refractivity contribution in [1.82, 2.24) is 9.71 Å². The van der Waals surface area contributed by atoms with Crippen molar-refractivity contribution in [3.8, 4) is 6.07 Å². The smallest absolute Gasteiger partial charge is 0.242 e.